The Kier molecular flexibility index (Phi) is 7.25. The first-order valence-corrected chi connectivity index (χ1v) is 6.19. The summed E-state index contributed by atoms with van der Waals surface area (Å²) < 4.78 is 5.12. The zero-order chi connectivity index (χ0) is 13.9. The van der Waals surface area contributed by atoms with Gasteiger partial charge in [0.05, 0.1) is 13.2 Å². The molecule has 19 heavy (non-hydrogen) atoms. The molecule has 5 heteroatoms. The number of hydrogen-bond acceptors (Lipinski definition) is 4. The summed E-state index contributed by atoms with van der Waals surface area (Å²) in [6.45, 7) is 3.54. The number of aromatic nitrogens is 1. The molecule has 0 aromatic carbocycles. The molecule has 0 aliphatic carbocycles. The Morgan fingerprint density at radius 2 is 2.37 bits per heavy atom. The fraction of sp³-hybridized carbons (Fsp3) is 0.429. The molecule has 2 N–H and O–H groups in total. The molecular weight excluding hydrogens is 244 g/mol. The summed E-state index contributed by atoms with van der Waals surface area (Å²) in [5.74, 6) is 5.41. The van der Waals surface area contributed by atoms with Crippen molar-refractivity contribution in [2.24, 2.45) is 0 Å². The van der Waals surface area contributed by atoms with Gasteiger partial charge in [-0.2, -0.15) is 0 Å². The summed E-state index contributed by atoms with van der Waals surface area (Å²) in [7, 11) is 0. The largest absolute Gasteiger partial charge is 0.395 e. The third kappa shape index (κ3) is 6.00. The summed E-state index contributed by atoms with van der Waals surface area (Å²) in [4.78, 5) is 15.7. The van der Waals surface area contributed by atoms with Gasteiger partial charge in [-0.25, -0.2) is 4.98 Å². The lowest BCUT2D eigenvalue weighted by Gasteiger charge is -2.04. The van der Waals surface area contributed by atoms with Crippen molar-refractivity contribution in [1.82, 2.24) is 10.3 Å². The lowest BCUT2D eigenvalue weighted by Crippen LogP contribution is -2.27. The van der Waals surface area contributed by atoms with Crippen LogP contribution in [-0.4, -0.2) is 42.4 Å². The van der Waals surface area contributed by atoms with Gasteiger partial charge in [0.25, 0.3) is 5.91 Å². The second kappa shape index (κ2) is 9.09. The number of nitrogens with zero attached hydrogens (tertiary/aromatic N) is 1. The van der Waals surface area contributed by atoms with E-state index in [-0.39, 0.29) is 12.5 Å². The smallest absolute Gasteiger partial charge is 0.269 e. The molecule has 1 rings (SSSR count). The minimum absolute atomic E-state index is 0.0424. The van der Waals surface area contributed by atoms with Crippen molar-refractivity contribution >= 4 is 5.91 Å². The van der Waals surface area contributed by atoms with Gasteiger partial charge in [-0.05, 0) is 19.1 Å². The predicted molar refractivity (Wildman–Crippen MR) is 71.6 cm³/mol. The number of carbonyl (C=O) groups is 1. The maximum atomic E-state index is 11.7. The number of ether oxygens (including phenoxy) is 1. The van der Waals surface area contributed by atoms with Gasteiger partial charge in [0, 0.05) is 31.3 Å². The Morgan fingerprint density at radius 1 is 1.53 bits per heavy atom. The van der Waals surface area contributed by atoms with Crippen molar-refractivity contribution < 1.29 is 14.6 Å². The highest BCUT2D eigenvalue weighted by Gasteiger charge is 2.05. The van der Waals surface area contributed by atoms with E-state index in [9.17, 15) is 4.79 Å². The summed E-state index contributed by atoms with van der Waals surface area (Å²) in [5.41, 5.74) is 1.07. The van der Waals surface area contributed by atoms with E-state index in [1.54, 1.807) is 18.3 Å². The Balaban J connectivity index is 2.47. The van der Waals surface area contributed by atoms with E-state index in [0.29, 0.717) is 31.9 Å². The SMILES string of the molecule is CCOCCNC(=O)c1ccc(C#CCCO)cn1. The highest BCUT2D eigenvalue weighted by molar-refractivity contribution is 5.92. The van der Waals surface area contributed by atoms with Crippen molar-refractivity contribution in [1.29, 1.82) is 0 Å². The molecule has 0 radical (unpaired) electrons. The molecule has 0 unspecified atom stereocenters. The Labute approximate surface area is 113 Å². The highest BCUT2D eigenvalue weighted by atomic mass is 16.5. The van der Waals surface area contributed by atoms with Crippen LogP contribution in [0.25, 0.3) is 0 Å². The fourth-order valence-electron chi connectivity index (χ4n) is 1.29. The van der Waals surface area contributed by atoms with Crippen LogP contribution < -0.4 is 5.32 Å². The molecule has 1 aromatic heterocycles. The quantitative estimate of drug-likeness (QED) is 0.581. The summed E-state index contributed by atoms with van der Waals surface area (Å²) >= 11 is 0. The van der Waals surface area contributed by atoms with Crippen LogP contribution in [0.5, 0.6) is 0 Å². The molecule has 5 nitrogen and oxygen atoms in total. The Hall–Kier alpha value is -1.90. The first-order valence-electron chi connectivity index (χ1n) is 6.19. The maximum absolute atomic E-state index is 11.7. The number of amides is 1. The zero-order valence-electron chi connectivity index (χ0n) is 11.0. The topological polar surface area (TPSA) is 71.5 Å². The zero-order valence-corrected chi connectivity index (χ0v) is 11.0. The fourth-order valence-corrected chi connectivity index (χ4v) is 1.29. The van der Waals surface area contributed by atoms with Crippen molar-refractivity contribution in [3.63, 3.8) is 0 Å². The van der Waals surface area contributed by atoms with Crippen molar-refractivity contribution in [3.8, 4) is 11.8 Å². The summed E-state index contributed by atoms with van der Waals surface area (Å²) in [5, 5.41) is 11.3. The third-order valence-corrected chi connectivity index (χ3v) is 2.20. The molecule has 0 fully saturated rings. The van der Waals surface area contributed by atoms with Crippen molar-refractivity contribution in [2.45, 2.75) is 13.3 Å². The number of aliphatic hydroxyl groups excluding tert-OH is 1. The van der Waals surface area contributed by atoms with Crippen LogP contribution in [0.3, 0.4) is 0 Å². The van der Waals surface area contributed by atoms with E-state index in [0.717, 1.165) is 5.56 Å². The van der Waals surface area contributed by atoms with Crippen LogP contribution in [-0.2, 0) is 4.74 Å². The third-order valence-electron chi connectivity index (χ3n) is 2.20. The van der Waals surface area contributed by atoms with E-state index in [4.69, 9.17) is 9.84 Å². The van der Waals surface area contributed by atoms with Crippen LogP contribution in [0.4, 0.5) is 0 Å². The van der Waals surface area contributed by atoms with Crippen LogP contribution in [0.1, 0.15) is 29.4 Å². The van der Waals surface area contributed by atoms with Gasteiger partial charge in [-0.3, -0.25) is 4.79 Å². The van der Waals surface area contributed by atoms with E-state index >= 15 is 0 Å². The van der Waals surface area contributed by atoms with Crippen LogP contribution >= 0.6 is 0 Å². The highest BCUT2D eigenvalue weighted by Crippen LogP contribution is 1.99. The molecule has 1 heterocycles. The number of rotatable bonds is 6. The summed E-state index contributed by atoms with van der Waals surface area (Å²) in [6.07, 6.45) is 1.97. The Morgan fingerprint density at radius 3 is 3.00 bits per heavy atom. The molecular formula is C14H18N2O3. The molecule has 0 atom stereocenters. The molecule has 1 amide bonds. The predicted octanol–water partition coefficient (Wildman–Crippen LogP) is 0.582. The minimum Gasteiger partial charge on any atom is -0.395 e. The average molecular weight is 262 g/mol. The average Bonchev–Trinajstić information content (AvgIpc) is 2.44. The minimum atomic E-state index is -0.227. The number of carbonyl (C=O) groups excluding carboxylic acids is 1. The normalized spacial score (nSPS) is 9.58. The lowest BCUT2D eigenvalue weighted by molar-refractivity contribution is 0.0918. The first-order chi connectivity index (χ1) is 9.27. The number of hydrogen-bond donors (Lipinski definition) is 2. The Bertz CT molecular complexity index is 446. The molecule has 0 aliphatic heterocycles. The number of nitrogens with one attached hydrogen (secondary N) is 1. The van der Waals surface area contributed by atoms with Gasteiger partial charge in [-0.15, -0.1) is 0 Å². The van der Waals surface area contributed by atoms with E-state index < -0.39 is 0 Å². The van der Waals surface area contributed by atoms with Crippen LogP contribution in [0.15, 0.2) is 18.3 Å². The van der Waals surface area contributed by atoms with Gasteiger partial charge in [-0.1, -0.05) is 11.8 Å². The molecule has 0 bridgehead atoms. The second-order valence-electron chi connectivity index (χ2n) is 3.66. The molecule has 0 saturated carbocycles. The van der Waals surface area contributed by atoms with Crippen molar-refractivity contribution in [3.05, 3.63) is 29.6 Å². The van der Waals surface area contributed by atoms with E-state index in [1.165, 1.54) is 0 Å². The second-order valence-corrected chi connectivity index (χ2v) is 3.66. The first kappa shape index (κ1) is 15.2. The van der Waals surface area contributed by atoms with Gasteiger partial charge in [0.2, 0.25) is 0 Å². The molecule has 0 spiro atoms. The van der Waals surface area contributed by atoms with Gasteiger partial charge in [0.1, 0.15) is 5.69 Å². The molecule has 102 valence electrons. The van der Waals surface area contributed by atoms with Gasteiger partial charge < -0.3 is 15.2 Å². The van der Waals surface area contributed by atoms with E-state index in [2.05, 4.69) is 22.1 Å². The van der Waals surface area contributed by atoms with Crippen molar-refractivity contribution in [2.75, 3.05) is 26.4 Å². The number of pyridine rings is 1. The molecule has 0 aliphatic rings. The van der Waals surface area contributed by atoms with Crippen LogP contribution in [0, 0.1) is 11.8 Å². The van der Waals surface area contributed by atoms with Gasteiger partial charge in [0.15, 0.2) is 0 Å². The van der Waals surface area contributed by atoms with Crippen LogP contribution in [0.2, 0.25) is 0 Å². The van der Waals surface area contributed by atoms with E-state index in [1.807, 2.05) is 6.92 Å². The number of aliphatic hydroxyl groups is 1. The van der Waals surface area contributed by atoms with Gasteiger partial charge >= 0.3 is 0 Å². The molecule has 1 aromatic rings. The lowest BCUT2D eigenvalue weighted by atomic mass is 10.2. The summed E-state index contributed by atoms with van der Waals surface area (Å²) in [6, 6.07) is 3.35. The molecule has 0 saturated heterocycles. The maximum Gasteiger partial charge on any atom is 0.269 e. The monoisotopic (exact) mass is 262 g/mol. The standard InChI is InChI=1S/C14H18N2O3/c1-2-19-10-8-15-14(18)13-7-6-12(11-16-13)5-3-4-9-17/h6-7,11,17H,2,4,8-10H2,1H3,(H,15,18).